The highest BCUT2D eigenvalue weighted by atomic mass is 16.5. The summed E-state index contributed by atoms with van der Waals surface area (Å²) in [5.74, 6) is 1.19. The van der Waals surface area contributed by atoms with Crippen LogP contribution in [0.15, 0.2) is 12.4 Å². The van der Waals surface area contributed by atoms with Crippen LogP contribution in [0.25, 0.3) is 11.2 Å². The summed E-state index contributed by atoms with van der Waals surface area (Å²) in [4.78, 5) is 21.8. The van der Waals surface area contributed by atoms with Crippen LogP contribution in [0, 0.1) is 13.8 Å². The maximum absolute atomic E-state index is 6.02. The second-order valence-corrected chi connectivity index (χ2v) is 8.56. The molecule has 1 atom stereocenters. The minimum atomic E-state index is -0.0317. The lowest BCUT2D eigenvalue weighted by Crippen LogP contribution is -2.39. The number of hydrogen-bond donors (Lipinski definition) is 0. The third-order valence-corrected chi connectivity index (χ3v) is 6.40. The van der Waals surface area contributed by atoms with Crippen molar-refractivity contribution in [1.82, 2.24) is 29.7 Å². The molecule has 4 heterocycles. The third-order valence-electron chi connectivity index (χ3n) is 6.40. The standard InChI is InChI=1S/C22H29N7O/c1-14-15(2)25-21-20(24-14)19(16-7-5-4-6-8-16)26-22(27-21)29-9-10-30-18(13-29)17-11-23-28(3)12-17/h11-12,16,18H,4-10,13H2,1-3H3/t18-/m0/s1. The average molecular weight is 408 g/mol. The summed E-state index contributed by atoms with van der Waals surface area (Å²) in [5.41, 5.74) is 5.64. The molecule has 0 radical (unpaired) electrons. The van der Waals surface area contributed by atoms with Crippen LogP contribution in [-0.2, 0) is 11.8 Å². The topological polar surface area (TPSA) is 81.9 Å². The van der Waals surface area contributed by atoms with Gasteiger partial charge in [0.1, 0.15) is 11.6 Å². The first-order valence-electron chi connectivity index (χ1n) is 11.0. The maximum atomic E-state index is 6.02. The zero-order valence-corrected chi connectivity index (χ0v) is 18.0. The fourth-order valence-electron chi connectivity index (χ4n) is 4.56. The van der Waals surface area contributed by atoms with E-state index in [-0.39, 0.29) is 6.10 Å². The Morgan fingerprint density at radius 2 is 1.80 bits per heavy atom. The minimum Gasteiger partial charge on any atom is -0.370 e. The van der Waals surface area contributed by atoms with E-state index in [0.29, 0.717) is 24.7 Å². The SMILES string of the molecule is Cc1nc2nc(N3CCO[C@H](c4cnn(C)c4)C3)nc(C3CCCCC3)c2nc1C. The molecule has 0 N–H and O–H groups in total. The molecule has 2 aliphatic rings. The minimum absolute atomic E-state index is 0.0317. The van der Waals surface area contributed by atoms with Crippen LogP contribution < -0.4 is 4.90 Å². The van der Waals surface area contributed by atoms with Crippen molar-refractivity contribution in [3.63, 3.8) is 0 Å². The maximum Gasteiger partial charge on any atom is 0.227 e. The molecular weight excluding hydrogens is 378 g/mol. The van der Waals surface area contributed by atoms with E-state index in [1.54, 1.807) is 0 Å². The van der Waals surface area contributed by atoms with Crippen LogP contribution in [0.1, 0.15) is 66.8 Å². The Hall–Kier alpha value is -2.61. The largest absolute Gasteiger partial charge is 0.370 e. The smallest absolute Gasteiger partial charge is 0.227 e. The van der Waals surface area contributed by atoms with E-state index in [4.69, 9.17) is 24.7 Å². The van der Waals surface area contributed by atoms with Crippen LogP contribution >= 0.6 is 0 Å². The molecule has 1 saturated heterocycles. The number of anilines is 1. The highest BCUT2D eigenvalue weighted by molar-refractivity contribution is 5.75. The van der Waals surface area contributed by atoms with Crippen LogP contribution in [0.3, 0.4) is 0 Å². The molecule has 158 valence electrons. The predicted octanol–water partition coefficient (Wildman–Crippen LogP) is 3.40. The Kier molecular flexibility index (Phi) is 5.10. The van der Waals surface area contributed by atoms with Crippen LogP contribution in [-0.4, -0.2) is 49.4 Å². The highest BCUT2D eigenvalue weighted by Crippen LogP contribution is 2.35. The van der Waals surface area contributed by atoms with Crippen LogP contribution in [0.2, 0.25) is 0 Å². The molecule has 0 bridgehead atoms. The summed E-state index contributed by atoms with van der Waals surface area (Å²) in [7, 11) is 1.93. The summed E-state index contributed by atoms with van der Waals surface area (Å²) >= 11 is 0. The van der Waals surface area contributed by atoms with Gasteiger partial charge >= 0.3 is 0 Å². The monoisotopic (exact) mass is 407 g/mol. The molecule has 0 amide bonds. The van der Waals surface area contributed by atoms with E-state index >= 15 is 0 Å². The Labute approximate surface area is 176 Å². The lowest BCUT2D eigenvalue weighted by Gasteiger charge is -2.33. The molecule has 2 fully saturated rings. The number of ether oxygens (including phenoxy) is 1. The molecule has 0 spiro atoms. The lowest BCUT2D eigenvalue weighted by molar-refractivity contribution is 0.0392. The number of hydrogen-bond acceptors (Lipinski definition) is 7. The fraction of sp³-hybridized carbons (Fsp3) is 0.591. The van der Waals surface area contributed by atoms with Crippen molar-refractivity contribution in [2.45, 2.75) is 58.0 Å². The molecule has 8 heteroatoms. The number of nitrogens with zero attached hydrogens (tertiary/aromatic N) is 7. The zero-order chi connectivity index (χ0) is 20.7. The van der Waals surface area contributed by atoms with Gasteiger partial charge in [-0.3, -0.25) is 4.68 Å². The van der Waals surface area contributed by atoms with Crippen molar-refractivity contribution in [2.24, 2.45) is 7.05 Å². The Morgan fingerprint density at radius 3 is 2.57 bits per heavy atom. The summed E-state index contributed by atoms with van der Waals surface area (Å²) in [6, 6.07) is 0. The second kappa shape index (κ2) is 7.91. The van der Waals surface area contributed by atoms with Crippen LogP contribution in [0.4, 0.5) is 5.95 Å². The van der Waals surface area contributed by atoms with Crippen molar-refractivity contribution >= 4 is 17.1 Å². The van der Waals surface area contributed by atoms with Gasteiger partial charge in [0.2, 0.25) is 5.95 Å². The van der Waals surface area contributed by atoms with Gasteiger partial charge in [0, 0.05) is 31.3 Å². The molecule has 1 aliphatic heterocycles. The zero-order valence-electron chi connectivity index (χ0n) is 18.0. The highest BCUT2D eigenvalue weighted by Gasteiger charge is 2.28. The van der Waals surface area contributed by atoms with Gasteiger partial charge in [-0.1, -0.05) is 19.3 Å². The number of aromatic nitrogens is 6. The average Bonchev–Trinajstić information content (AvgIpc) is 3.21. The summed E-state index contributed by atoms with van der Waals surface area (Å²) < 4.78 is 7.83. The first kappa shape index (κ1) is 19.4. The van der Waals surface area contributed by atoms with Crippen LogP contribution in [0.5, 0.6) is 0 Å². The van der Waals surface area contributed by atoms with E-state index < -0.39 is 0 Å². The van der Waals surface area contributed by atoms with Crippen molar-refractivity contribution < 1.29 is 4.74 Å². The van der Waals surface area contributed by atoms with Gasteiger partial charge in [-0.25, -0.2) is 15.0 Å². The third kappa shape index (κ3) is 3.64. The number of rotatable bonds is 3. The molecule has 8 nitrogen and oxygen atoms in total. The van der Waals surface area contributed by atoms with Crippen molar-refractivity contribution in [3.05, 3.63) is 35.0 Å². The van der Waals surface area contributed by atoms with Gasteiger partial charge < -0.3 is 9.64 Å². The van der Waals surface area contributed by atoms with E-state index in [0.717, 1.165) is 40.7 Å². The molecule has 3 aromatic rings. The second-order valence-electron chi connectivity index (χ2n) is 8.56. The summed E-state index contributed by atoms with van der Waals surface area (Å²) in [6.07, 6.45) is 10.0. The fourth-order valence-corrected chi connectivity index (χ4v) is 4.56. The van der Waals surface area contributed by atoms with Crippen molar-refractivity contribution in [3.8, 4) is 0 Å². The number of morpholine rings is 1. The Bertz CT molecular complexity index is 1060. The van der Waals surface area contributed by atoms with E-state index in [9.17, 15) is 0 Å². The van der Waals surface area contributed by atoms with E-state index in [1.165, 1.54) is 32.1 Å². The normalized spacial score (nSPS) is 20.8. The first-order chi connectivity index (χ1) is 14.6. The van der Waals surface area contributed by atoms with Gasteiger partial charge in [0.25, 0.3) is 0 Å². The summed E-state index contributed by atoms with van der Waals surface area (Å²) in [5, 5.41) is 4.29. The first-order valence-corrected chi connectivity index (χ1v) is 11.0. The van der Waals surface area contributed by atoms with Gasteiger partial charge in [-0.15, -0.1) is 0 Å². The predicted molar refractivity (Wildman–Crippen MR) is 115 cm³/mol. The molecule has 3 aromatic heterocycles. The van der Waals surface area contributed by atoms with E-state index in [2.05, 4.69) is 10.00 Å². The number of fused-ring (bicyclic) bond motifs is 1. The summed E-state index contributed by atoms with van der Waals surface area (Å²) in [6.45, 7) is 6.13. The quantitative estimate of drug-likeness (QED) is 0.658. The van der Waals surface area contributed by atoms with E-state index in [1.807, 2.05) is 38.0 Å². The van der Waals surface area contributed by atoms with Gasteiger partial charge in [-0.2, -0.15) is 10.1 Å². The Morgan fingerprint density at radius 1 is 1.00 bits per heavy atom. The van der Waals surface area contributed by atoms with Crippen molar-refractivity contribution in [2.75, 3.05) is 24.6 Å². The van der Waals surface area contributed by atoms with Crippen molar-refractivity contribution in [1.29, 1.82) is 0 Å². The number of aryl methyl sites for hydroxylation is 3. The molecule has 30 heavy (non-hydrogen) atoms. The Balaban J connectivity index is 1.54. The van der Waals surface area contributed by atoms with Gasteiger partial charge in [0.05, 0.1) is 36.4 Å². The molecule has 5 rings (SSSR count). The lowest BCUT2D eigenvalue weighted by atomic mass is 9.86. The van der Waals surface area contributed by atoms with Gasteiger partial charge in [0.15, 0.2) is 5.65 Å². The molecule has 1 aliphatic carbocycles. The van der Waals surface area contributed by atoms with Gasteiger partial charge in [-0.05, 0) is 26.7 Å². The molecular formula is C22H29N7O. The molecule has 1 saturated carbocycles. The molecule has 0 aromatic carbocycles. The molecule has 0 unspecified atom stereocenters.